The molecule has 0 saturated carbocycles. The number of carbonyl (C=O) groups is 2. The second-order valence-electron chi connectivity index (χ2n) is 6.64. The molecule has 1 heterocycles. The lowest BCUT2D eigenvalue weighted by Crippen LogP contribution is -2.43. The van der Waals surface area contributed by atoms with Crippen LogP contribution in [0.3, 0.4) is 0 Å². The molecule has 1 unspecified atom stereocenters. The van der Waals surface area contributed by atoms with Crippen LogP contribution in [0.5, 0.6) is 17.2 Å². The fourth-order valence-electron chi connectivity index (χ4n) is 3.29. The van der Waals surface area contributed by atoms with E-state index in [-0.39, 0.29) is 17.5 Å². The molecule has 1 atom stereocenters. The van der Waals surface area contributed by atoms with Crippen molar-refractivity contribution in [3.8, 4) is 17.2 Å². The van der Waals surface area contributed by atoms with E-state index in [9.17, 15) is 18.0 Å². The highest BCUT2D eigenvalue weighted by Crippen LogP contribution is 2.38. The molecule has 10 heteroatoms. The first-order chi connectivity index (χ1) is 14.2. The van der Waals surface area contributed by atoms with E-state index < -0.39 is 28.3 Å². The Balaban J connectivity index is 1.98. The van der Waals surface area contributed by atoms with Crippen molar-refractivity contribution < 1.29 is 37.0 Å². The Morgan fingerprint density at radius 1 is 1.13 bits per heavy atom. The van der Waals surface area contributed by atoms with Crippen LogP contribution in [0, 0.1) is 0 Å². The molecule has 1 aromatic carbocycles. The molecule has 0 aromatic heterocycles. The van der Waals surface area contributed by atoms with Gasteiger partial charge in [-0.25, -0.2) is 13.2 Å². The van der Waals surface area contributed by atoms with Gasteiger partial charge in [0.25, 0.3) is 5.91 Å². The predicted molar refractivity (Wildman–Crippen MR) is 111 cm³/mol. The van der Waals surface area contributed by atoms with Gasteiger partial charge >= 0.3 is 5.97 Å². The highest BCUT2D eigenvalue weighted by Gasteiger charge is 2.34. The molecule has 166 valence electrons. The molecule has 0 N–H and O–H groups in total. The second kappa shape index (κ2) is 10.3. The largest absolute Gasteiger partial charge is 0.493 e. The van der Waals surface area contributed by atoms with E-state index in [1.807, 2.05) is 0 Å². The molecule has 1 fully saturated rings. The van der Waals surface area contributed by atoms with Gasteiger partial charge in [-0.2, -0.15) is 0 Å². The highest BCUT2D eigenvalue weighted by atomic mass is 32.2. The molecule has 1 aliphatic rings. The van der Waals surface area contributed by atoms with Crippen molar-refractivity contribution in [2.75, 3.05) is 46.0 Å². The van der Waals surface area contributed by atoms with Gasteiger partial charge in [-0.3, -0.25) is 4.79 Å². The van der Waals surface area contributed by atoms with Crippen molar-refractivity contribution in [1.29, 1.82) is 0 Å². The summed E-state index contributed by atoms with van der Waals surface area (Å²) in [5.74, 6) is 0.191. The maximum absolute atomic E-state index is 12.4. The van der Waals surface area contributed by atoms with Crippen LogP contribution in [0.2, 0.25) is 0 Å². The number of methoxy groups -OCH3 is 3. The first-order valence-electron chi connectivity index (χ1n) is 9.39. The monoisotopic (exact) mass is 441 g/mol. The average molecular weight is 442 g/mol. The molecule has 1 amide bonds. The van der Waals surface area contributed by atoms with E-state index in [0.29, 0.717) is 35.8 Å². The SMILES string of the molecule is CCN(C(=O)COC(=O)/C=C/c1cc(OC)c(OC)c(OC)c1)C1CCS(=O)(=O)C1. The first kappa shape index (κ1) is 23.5. The Kier molecular flexibility index (Phi) is 8.10. The average Bonchev–Trinajstić information content (AvgIpc) is 3.09. The molecule has 0 aliphatic carbocycles. The number of ether oxygens (including phenoxy) is 4. The summed E-state index contributed by atoms with van der Waals surface area (Å²) in [4.78, 5) is 25.8. The van der Waals surface area contributed by atoms with Crippen molar-refractivity contribution in [3.05, 3.63) is 23.8 Å². The summed E-state index contributed by atoms with van der Waals surface area (Å²) in [5, 5.41) is 0. The molecule has 0 bridgehead atoms. The fraction of sp³-hybridized carbons (Fsp3) is 0.500. The van der Waals surface area contributed by atoms with Gasteiger partial charge in [-0.05, 0) is 37.1 Å². The summed E-state index contributed by atoms with van der Waals surface area (Å²) in [6.07, 6.45) is 3.08. The Morgan fingerprint density at radius 3 is 2.23 bits per heavy atom. The quantitative estimate of drug-likeness (QED) is 0.417. The summed E-state index contributed by atoms with van der Waals surface area (Å²) in [6.45, 7) is 1.65. The van der Waals surface area contributed by atoms with Crippen molar-refractivity contribution in [2.45, 2.75) is 19.4 Å². The number of amides is 1. The zero-order chi connectivity index (χ0) is 22.3. The van der Waals surface area contributed by atoms with Gasteiger partial charge in [0.05, 0.1) is 32.8 Å². The number of nitrogens with zero attached hydrogens (tertiary/aromatic N) is 1. The second-order valence-corrected chi connectivity index (χ2v) is 8.87. The predicted octanol–water partition coefficient (Wildman–Crippen LogP) is 1.30. The number of sulfone groups is 1. The van der Waals surface area contributed by atoms with Crippen LogP contribution in [0.4, 0.5) is 0 Å². The van der Waals surface area contributed by atoms with Gasteiger partial charge in [-0.1, -0.05) is 0 Å². The maximum atomic E-state index is 12.4. The topological polar surface area (TPSA) is 108 Å². The van der Waals surface area contributed by atoms with Crippen LogP contribution in [-0.4, -0.2) is 77.2 Å². The van der Waals surface area contributed by atoms with Gasteiger partial charge in [0.15, 0.2) is 27.9 Å². The third-order valence-corrected chi connectivity index (χ3v) is 6.50. The number of likely N-dealkylation sites (N-methyl/N-ethyl adjacent to an activating group) is 1. The van der Waals surface area contributed by atoms with Crippen LogP contribution in [-0.2, 0) is 24.2 Å². The van der Waals surface area contributed by atoms with Gasteiger partial charge < -0.3 is 23.8 Å². The number of hydrogen-bond donors (Lipinski definition) is 0. The molecule has 0 radical (unpaired) electrons. The van der Waals surface area contributed by atoms with Crippen LogP contribution >= 0.6 is 0 Å². The number of rotatable bonds is 9. The van der Waals surface area contributed by atoms with Gasteiger partial charge in [-0.15, -0.1) is 0 Å². The normalized spacial score (nSPS) is 17.5. The number of esters is 1. The first-order valence-corrected chi connectivity index (χ1v) is 11.2. The lowest BCUT2D eigenvalue weighted by molar-refractivity contribution is -0.149. The Labute approximate surface area is 176 Å². The molecule has 2 rings (SSSR count). The van der Waals surface area contributed by atoms with Crippen LogP contribution in [0.25, 0.3) is 6.08 Å². The fourth-order valence-corrected chi connectivity index (χ4v) is 5.02. The van der Waals surface area contributed by atoms with E-state index in [2.05, 4.69) is 0 Å². The molecule has 1 saturated heterocycles. The molecule has 9 nitrogen and oxygen atoms in total. The molecule has 1 aliphatic heterocycles. The van der Waals surface area contributed by atoms with Crippen molar-refractivity contribution in [3.63, 3.8) is 0 Å². The summed E-state index contributed by atoms with van der Waals surface area (Å²) >= 11 is 0. The molecule has 30 heavy (non-hydrogen) atoms. The van der Waals surface area contributed by atoms with Crippen molar-refractivity contribution in [2.24, 2.45) is 0 Å². The highest BCUT2D eigenvalue weighted by molar-refractivity contribution is 7.91. The minimum atomic E-state index is -3.11. The lowest BCUT2D eigenvalue weighted by atomic mass is 10.1. The number of hydrogen-bond acceptors (Lipinski definition) is 8. The van der Waals surface area contributed by atoms with Gasteiger partial charge in [0.2, 0.25) is 5.75 Å². The van der Waals surface area contributed by atoms with Gasteiger partial charge in [0.1, 0.15) is 0 Å². The van der Waals surface area contributed by atoms with E-state index in [1.54, 1.807) is 19.1 Å². The minimum Gasteiger partial charge on any atom is -0.493 e. The van der Waals surface area contributed by atoms with Gasteiger partial charge in [0, 0.05) is 18.7 Å². The molecule has 0 spiro atoms. The lowest BCUT2D eigenvalue weighted by Gasteiger charge is -2.26. The third kappa shape index (κ3) is 5.88. The van der Waals surface area contributed by atoms with Crippen molar-refractivity contribution in [1.82, 2.24) is 4.90 Å². The number of benzene rings is 1. The molecular weight excluding hydrogens is 414 g/mol. The summed E-state index contributed by atoms with van der Waals surface area (Å²) in [5.41, 5.74) is 0.610. The Morgan fingerprint density at radius 2 is 1.77 bits per heavy atom. The van der Waals surface area contributed by atoms with Crippen LogP contribution in [0.1, 0.15) is 18.9 Å². The molecular formula is C20H27NO8S. The summed E-state index contributed by atoms with van der Waals surface area (Å²) in [7, 11) is 1.35. The van der Waals surface area contributed by atoms with E-state index >= 15 is 0 Å². The minimum absolute atomic E-state index is 0.0540. The summed E-state index contributed by atoms with van der Waals surface area (Å²) < 4.78 is 44.1. The van der Waals surface area contributed by atoms with E-state index in [1.165, 1.54) is 38.4 Å². The standard InChI is InChI=1S/C20H27NO8S/c1-5-21(15-8-9-30(24,25)13-15)18(22)12-29-19(23)7-6-14-10-16(26-2)20(28-4)17(11-14)27-3/h6-7,10-11,15H,5,8-9,12-13H2,1-4H3/b7-6+. The molecule has 1 aromatic rings. The number of carbonyl (C=O) groups excluding carboxylic acids is 2. The zero-order valence-electron chi connectivity index (χ0n) is 17.5. The summed E-state index contributed by atoms with van der Waals surface area (Å²) in [6, 6.07) is 2.95. The zero-order valence-corrected chi connectivity index (χ0v) is 18.4. The van der Waals surface area contributed by atoms with Crippen LogP contribution in [0.15, 0.2) is 18.2 Å². The van der Waals surface area contributed by atoms with Crippen LogP contribution < -0.4 is 14.2 Å². The Hall–Kier alpha value is -2.75. The van der Waals surface area contributed by atoms with E-state index in [0.717, 1.165) is 0 Å². The maximum Gasteiger partial charge on any atom is 0.331 e. The van der Waals surface area contributed by atoms with E-state index in [4.69, 9.17) is 18.9 Å². The third-order valence-electron chi connectivity index (χ3n) is 4.75. The Bertz CT molecular complexity index is 884. The van der Waals surface area contributed by atoms with Crippen molar-refractivity contribution >= 4 is 27.8 Å². The smallest absolute Gasteiger partial charge is 0.331 e.